The van der Waals surface area contributed by atoms with Gasteiger partial charge in [0.2, 0.25) is 0 Å². The summed E-state index contributed by atoms with van der Waals surface area (Å²) in [6.07, 6.45) is 0. The minimum atomic E-state index is -0.745. The molecule has 0 amide bonds. The van der Waals surface area contributed by atoms with Crippen LogP contribution < -0.4 is 5.73 Å². The number of rotatable bonds is 8. The molecular weight excluding hydrogens is 234 g/mol. The summed E-state index contributed by atoms with van der Waals surface area (Å²) in [6, 6.07) is 8.37. The van der Waals surface area contributed by atoms with Crippen LogP contribution in [0, 0.1) is 0 Å². The number of benzene rings is 1. The zero-order valence-corrected chi connectivity index (χ0v) is 10.5. The minimum Gasteiger partial charge on any atom is -0.462 e. The molecule has 0 unspecified atom stereocenters. The van der Waals surface area contributed by atoms with Gasteiger partial charge in [-0.15, -0.1) is 0 Å². The normalized spacial score (nSPS) is 12.1. The van der Waals surface area contributed by atoms with Gasteiger partial charge in [0.1, 0.15) is 12.6 Å². The van der Waals surface area contributed by atoms with Gasteiger partial charge < -0.3 is 19.9 Å². The van der Waals surface area contributed by atoms with Crippen LogP contribution >= 0.6 is 0 Å². The fourth-order valence-electron chi connectivity index (χ4n) is 1.33. The second-order valence-electron chi connectivity index (χ2n) is 3.66. The van der Waals surface area contributed by atoms with Gasteiger partial charge in [-0.1, -0.05) is 30.3 Å². The molecule has 1 aromatic carbocycles. The zero-order valence-electron chi connectivity index (χ0n) is 10.5. The van der Waals surface area contributed by atoms with Gasteiger partial charge in [-0.3, -0.25) is 0 Å². The molecule has 0 aliphatic rings. The number of hydrogen-bond donors (Lipinski definition) is 1. The van der Waals surface area contributed by atoms with E-state index in [1.807, 2.05) is 18.2 Å². The van der Waals surface area contributed by atoms with Crippen molar-refractivity contribution in [2.24, 2.45) is 5.73 Å². The van der Waals surface area contributed by atoms with Crippen molar-refractivity contribution in [1.82, 2.24) is 0 Å². The van der Waals surface area contributed by atoms with Crippen molar-refractivity contribution in [3.8, 4) is 0 Å². The Morgan fingerprint density at radius 2 is 1.83 bits per heavy atom. The van der Waals surface area contributed by atoms with Crippen molar-refractivity contribution in [3.05, 3.63) is 35.9 Å². The zero-order chi connectivity index (χ0) is 13.2. The van der Waals surface area contributed by atoms with Crippen LogP contribution in [0.4, 0.5) is 0 Å². The van der Waals surface area contributed by atoms with Crippen molar-refractivity contribution in [2.45, 2.75) is 6.04 Å². The van der Waals surface area contributed by atoms with Crippen LogP contribution in [0.3, 0.4) is 0 Å². The van der Waals surface area contributed by atoms with Gasteiger partial charge in [0.25, 0.3) is 0 Å². The summed E-state index contributed by atoms with van der Waals surface area (Å²) in [5.41, 5.74) is 6.50. The Bertz CT molecular complexity index is 342. The molecule has 0 saturated heterocycles. The molecule has 0 aliphatic carbocycles. The van der Waals surface area contributed by atoms with Crippen LogP contribution in [0.25, 0.3) is 0 Å². The first-order chi connectivity index (χ1) is 8.75. The largest absolute Gasteiger partial charge is 0.462 e. The summed E-state index contributed by atoms with van der Waals surface area (Å²) in [4.78, 5) is 11.6. The van der Waals surface area contributed by atoms with E-state index < -0.39 is 12.0 Å². The Morgan fingerprint density at radius 3 is 2.50 bits per heavy atom. The van der Waals surface area contributed by atoms with Gasteiger partial charge >= 0.3 is 5.97 Å². The maximum atomic E-state index is 11.6. The van der Waals surface area contributed by atoms with Crippen LogP contribution in [-0.2, 0) is 19.0 Å². The molecule has 0 spiro atoms. The maximum absolute atomic E-state index is 11.6. The van der Waals surface area contributed by atoms with Crippen LogP contribution in [0.5, 0.6) is 0 Å². The average Bonchev–Trinajstić information content (AvgIpc) is 2.42. The third kappa shape index (κ3) is 5.27. The first-order valence-corrected chi connectivity index (χ1v) is 5.79. The molecule has 2 N–H and O–H groups in total. The van der Waals surface area contributed by atoms with E-state index >= 15 is 0 Å². The summed E-state index contributed by atoms with van der Waals surface area (Å²) in [6.45, 7) is 1.55. The topological polar surface area (TPSA) is 70.8 Å². The summed E-state index contributed by atoms with van der Waals surface area (Å²) in [7, 11) is 1.60. The first-order valence-electron chi connectivity index (χ1n) is 5.79. The summed E-state index contributed by atoms with van der Waals surface area (Å²) in [5, 5.41) is 0. The number of carbonyl (C=O) groups is 1. The maximum Gasteiger partial charge on any atom is 0.327 e. The lowest BCUT2D eigenvalue weighted by molar-refractivity contribution is -0.147. The van der Waals surface area contributed by atoms with Crippen molar-refractivity contribution in [3.63, 3.8) is 0 Å². The lowest BCUT2D eigenvalue weighted by Gasteiger charge is -2.11. The van der Waals surface area contributed by atoms with Crippen molar-refractivity contribution in [1.29, 1.82) is 0 Å². The van der Waals surface area contributed by atoms with Crippen molar-refractivity contribution in [2.75, 3.05) is 33.5 Å². The van der Waals surface area contributed by atoms with Gasteiger partial charge in [-0.05, 0) is 5.56 Å². The number of nitrogens with two attached hydrogens (primary N) is 1. The molecule has 0 saturated carbocycles. The summed E-state index contributed by atoms with van der Waals surface area (Å²) in [5.74, 6) is -0.448. The van der Waals surface area contributed by atoms with E-state index in [1.165, 1.54) is 0 Å². The van der Waals surface area contributed by atoms with Gasteiger partial charge in [0.05, 0.1) is 19.8 Å². The Labute approximate surface area is 107 Å². The van der Waals surface area contributed by atoms with Gasteiger partial charge in [-0.25, -0.2) is 4.79 Å². The van der Waals surface area contributed by atoms with Gasteiger partial charge in [0.15, 0.2) is 0 Å². The third-order valence-corrected chi connectivity index (χ3v) is 2.32. The Morgan fingerprint density at radius 1 is 1.17 bits per heavy atom. The molecule has 0 aliphatic heterocycles. The van der Waals surface area contributed by atoms with E-state index in [1.54, 1.807) is 19.2 Å². The van der Waals surface area contributed by atoms with E-state index in [2.05, 4.69) is 0 Å². The van der Waals surface area contributed by atoms with E-state index in [9.17, 15) is 4.79 Å². The Kier molecular flexibility index (Phi) is 7.01. The highest BCUT2D eigenvalue weighted by Crippen LogP contribution is 2.10. The standard InChI is InChI=1S/C13H19NO4/c1-16-7-8-17-9-10-18-13(15)12(14)11-5-3-2-4-6-11/h2-6,12H,7-10,14H2,1H3/t12-/m0/s1. The summed E-state index contributed by atoms with van der Waals surface area (Å²) >= 11 is 0. The van der Waals surface area contributed by atoms with Crippen LogP contribution in [0.1, 0.15) is 11.6 Å². The molecule has 1 atom stereocenters. The molecule has 1 rings (SSSR count). The highest BCUT2D eigenvalue weighted by atomic mass is 16.6. The molecule has 18 heavy (non-hydrogen) atoms. The smallest absolute Gasteiger partial charge is 0.327 e. The molecule has 0 radical (unpaired) electrons. The van der Waals surface area contributed by atoms with E-state index in [0.29, 0.717) is 19.8 Å². The molecule has 5 nitrogen and oxygen atoms in total. The number of methoxy groups -OCH3 is 1. The molecule has 1 aromatic rings. The second kappa shape index (κ2) is 8.63. The van der Waals surface area contributed by atoms with E-state index in [4.69, 9.17) is 19.9 Å². The van der Waals surface area contributed by atoms with Crippen LogP contribution in [-0.4, -0.2) is 39.5 Å². The lowest BCUT2D eigenvalue weighted by atomic mass is 10.1. The molecule has 0 heterocycles. The molecule has 0 fully saturated rings. The van der Waals surface area contributed by atoms with Crippen molar-refractivity contribution >= 4 is 5.97 Å². The molecule has 5 heteroatoms. The monoisotopic (exact) mass is 253 g/mol. The Balaban J connectivity index is 2.20. The highest BCUT2D eigenvalue weighted by molar-refractivity contribution is 5.77. The van der Waals surface area contributed by atoms with Crippen LogP contribution in [0.2, 0.25) is 0 Å². The first kappa shape index (κ1) is 14.6. The summed E-state index contributed by atoms with van der Waals surface area (Å²) < 4.78 is 15.0. The van der Waals surface area contributed by atoms with Crippen molar-refractivity contribution < 1.29 is 19.0 Å². The average molecular weight is 253 g/mol. The molecule has 0 aromatic heterocycles. The lowest BCUT2D eigenvalue weighted by Crippen LogP contribution is -2.25. The predicted octanol–water partition coefficient (Wildman–Crippen LogP) is 0.893. The fourth-order valence-corrected chi connectivity index (χ4v) is 1.33. The number of hydrogen-bond acceptors (Lipinski definition) is 5. The van der Waals surface area contributed by atoms with Gasteiger partial charge in [0, 0.05) is 7.11 Å². The molecule has 0 bridgehead atoms. The number of carbonyl (C=O) groups excluding carboxylic acids is 1. The van der Waals surface area contributed by atoms with Crippen LogP contribution in [0.15, 0.2) is 30.3 Å². The molecular formula is C13H19NO4. The van der Waals surface area contributed by atoms with E-state index in [-0.39, 0.29) is 6.61 Å². The Hall–Kier alpha value is -1.43. The fraction of sp³-hybridized carbons (Fsp3) is 0.462. The molecule has 100 valence electrons. The third-order valence-electron chi connectivity index (χ3n) is 2.32. The second-order valence-corrected chi connectivity index (χ2v) is 3.66. The highest BCUT2D eigenvalue weighted by Gasteiger charge is 2.16. The predicted molar refractivity (Wildman–Crippen MR) is 67.0 cm³/mol. The quantitative estimate of drug-likeness (QED) is 0.550. The minimum absolute atomic E-state index is 0.198. The SMILES string of the molecule is COCCOCCOC(=O)[C@@H](N)c1ccccc1. The van der Waals surface area contributed by atoms with E-state index in [0.717, 1.165) is 5.56 Å². The van der Waals surface area contributed by atoms with Gasteiger partial charge in [-0.2, -0.15) is 0 Å². The number of ether oxygens (including phenoxy) is 3. The number of esters is 1.